The molecule has 6 nitrogen and oxygen atoms in total. The molecule has 1 unspecified atom stereocenters. The molecule has 0 bridgehead atoms. The molecule has 2 aromatic heterocycles. The molecule has 2 heterocycles. The molecule has 0 aliphatic heterocycles. The first-order valence-electron chi connectivity index (χ1n) is 12.6. The maximum Gasteiger partial charge on any atom is 0.290 e. The van der Waals surface area contributed by atoms with Gasteiger partial charge in [0.15, 0.2) is 0 Å². The third-order valence-corrected chi connectivity index (χ3v) is 7.08. The van der Waals surface area contributed by atoms with E-state index in [1.54, 1.807) is 6.08 Å². The molecule has 6 heteroatoms. The van der Waals surface area contributed by atoms with Crippen LogP contribution in [0.25, 0.3) is 23.1 Å². The number of hydrogen-bond acceptors (Lipinski definition) is 3. The highest BCUT2D eigenvalue weighted by Crippen LogP contribution is 2.30. The van der Waals surface area contributed by atoms with Gasteiger partial charge in [-0.05, 0) is 61.9 Å². The summed E-state index contributed by atoms with van der Waals surface area (Å²) in [5.41, 5.74) is 2.65. The molecule has 1 fully saturated rings. The molecule has 0 radical (unpaired) electrons. The summed E-state index contributed by atoms with van der Waals surface area (Å²) >= 11 is 0. The summed E-state index contributed by atoms with van der Waals surface area (Å²) < 4.78 is 2.13. The number of nitrogens with zero attached hydrogens (tertiary/aromatic N) is 2. The lowest BCUT2D eigenvalue weighted by molar-refractivity contribution is -0.122. The Morgan fingerprint density at radius 3 is 2.61 bits per heavy atom. The molecule has 1 aliphatic carbocycles. The smallest absolute Gasteiger partial charge is 0.290 e. The van der Waals surface area contributed by atoms with Crippen LogP contribution in [0.1, 0.15) is 62.5 Å². The number of fused-ring (bicyclic) bond motifs is 1. The first-order valence-corrected chi connectivity index (χ1v) is 12.6. The minimum atomic E-state index is -0.250. The largest absolute Gasteiger partial charge is 0.483 e. The zero-order valence-electron chi connectivity index (χ0n) is 21.5. The zero-order chi connectivity index (χ0) is 26.1. The van der Waals surface area contributed by atoms with Crippen molar-refractivity contribution in [3.05, 3.63) is 77.1 Å². The van der Waals surface area contributed by atoms with Crippen LogP contribution in [0.3, 0.4) is 0 Å². The Bertz CT molecular complexity index is 1320. The lowest BCUT2D eigenvalue weighted by atomic mass is 9.79. The summed E-state index contributed by atoms with van der Waals surface area (Å²) in [5.74, 6) is 1.39. The molecular weight excluding hydrogens is 450 g/mol. The van der Waals surface area contributed by atoms with Crippen molar-refractivity contribution in [3.63, 3.8) is 0 Å². The highest BCUT2D eigenvalue weighted by molar-refractivity contribution is 6.06. The highest BCUT2D eigenvalue weighted by Gasteiger charge is 2.25. The van der Waals surface area contributed by atoms with Crippen molar-refractivity contribution in [2.45, 2.75) is 59.0 Å². The minimum Gasteiger partial charge on any atom is -0.483 e. The fourth-order valence-electron chi connectivity index (χ4n) is 5.05. The number of carbonyl (C=O) groups is 2. The molecule has 1 aliphatic rings. The maximum absolute atomic E-state index is 13.3. The number of amides is 1. The Morgan fingerprint density at radius 1 is 1.22 bits per heavy atom. The summed E-state index contributed by atoms with van der Waals surface area (Å²) in [6.45, 7) is 10.6. The van der Waals surface area contributed by atoms with Gasteiger partial charge in [0, 0.05) is 17.6 Å². The van der Waals surface area contributed by atoms with Gasteiger partial charge in [0.2, 0.25) is 0 Å². The van der Waals surface area contributed by atoms with Crippen molar-refractivity contribution in [2.24, 2.45) is 11.8 Å². The van der Waals surface area contributed by atoms with Crippen molar-refractivity contribution in [1.82, 2.24) is 14.9 Å². The number of carboxylic acid groups (broad SMARTS) is 1. The molecule has 1 aromatic carbocycles. The summed E-state index contributed by atoms with van der Waals surface area (Å²) in [6, 6.07) is 12.3. The molecule has 0 saturated heterocycles. The van der Waals surface area contributed by atoms with E-state index < -0.39 is 0 Å². The topological polar surface area (TPSA) is 84.2 Å². The summed E-state index contributed by atoms with van der Waals surface area (Å²) in [4.78, 5) is 26.5. The van der Waals surface area contributed by atoms with E-state index in [9.17, 15) is 4.79 Å². The van der Waals surface area contributed by atoms with Crippen LogP contribution in [0, 0.1) is 11.8 Å². The first-order chi connectivity index (χ1) is 17.4. The lowest BCUT2D eigenvalue weighted by Gasteiger charge is -2.31. The van der Waals surface area contributed by atoms with Crippen molar-refractivity contribution in [1.29, 1.82) is 0 Å². The van der Waals surface area contributed by atoms with E-state index in [0.717, 1.165) is 38.6 Å². The molecule has 1 atom stereocenters. The second kappa shape index (κ2) is 12.9. The molecule has 4 rings (SSSR count). The number of para-hydroxylation sites is 1. The molecule has 1 amide bonds. The maximum atomic E-state index is 13.3. The molecular formula is C30H37N3O3. The van der Waals surface area contributed by atoms with Crippen molar-refractivity contribution >= 4 is 35.4 Å². The molecule has 2 N–H and O–H groups in total. The number of rotatable bonds is 6. The average molecular weight is 488 g/mol. The van der Waals surface area contributed by atoms with Crippen molar-refractivity contribution in [3.8, 4) is 0 Å². The normalized spacial score (nSPS) is 19.3. The van der Waals surface area contributed by atoms with Gasteiger partial charge in [0.25, 0.3) is 12.4 Å². The first kappa shape index (κ1) is 26.9. The van der Waals surface area contributed by atoms with Gasteiger partial charge in [-0.25, -0.2) is 0 Å². The Labute approximate surface area is 213 Å². The van der Waals surface area contributed by atoms with Crippen LogP contribution < -0.4 is 15.9 Å². The van der Waals surface area contributed by atoms with Gasteiger partial charge in [-0.15, -0.1) is 0 Å². The fourth-order valence-corrected chi connectivity index (χ4v) is 5.05. The second-order valence-corrected chi connectivity index (χ2v) is 9.54. The molecule has 36 heavy (non-hydrogen) atoms. The Morgan fingerprint density at radius 2 is 1.94 bits per heavy atom. The monoisotopic (exact) mass is 487 g/mol. The molecule has 1 saturated carbocycles. The lowest BCUT2D eigenvalue weighted by Crippen LogP contribution is -2.39. The van der Waals surface area contributed by atoms with Gasteiger partial charge >= 0.3 is 0 Å². The molecule has 190 valence electrons. The number of carbonyl (C=O) groups excluding carboxylic acids is 1. The molecule has 0 spiro atoms. The van der Waals surface area contributed by atoms with Crippen LogP contribution >= 0.6 is 0 Å². The highest BCUT2D eigenvalue weighted by atomic mass is 16.3. The van der Waals surface area contributed by atoms with Crippen LogP contribution in [0.15, 0.2) is 55.3 Å². The Hall–Kier alpha value is -3.67. The number of nitrogens with one attached hydrogen (secondary N) is 1. The van der Waals surface area contributed by atoms with Crippen LogP contribution in [0.5, 0.6) is 0 Å². The summed E-state index contributed by atoms with van der Waals surface area (Å²) in [5, 5.41) is 13.3. The Balaban J connectivity index is 0.00000115. The molecule has 3 aromatic rings. The third kappa shape index (κ3) is 6.51. The standard InChI is InChI=1S/C29H35N3O.CH2O2/c1-5-8-23-15-16-25(31-27(23)6-2)19-32-18-17-24-9-7-10-26(28(24)32)29(33)30-21(4)22-13-11-20(3)12-14-22;2-1-3/h5-10,15-18,20-22H,1,11-14,19H2,2-4H3,(H,30,33);1H,(H,2,3)/b23-8-,27-6+;. The van der Waals surface area contributed by atoms with Gasteiger partial charge in [-0.1, -0.05) is 62.8 Å². The van der Waals surface area contributed by atoms with E-state index in [0.29, 0.717) is 12.5 Å². The van der Waals surface area contributed by atoms with E-state index in [4.69, 9.17) is 14.9 Å². The predicted molar refractivity (Wildman–Crippen MR) is 146 cm³/mol. The van der Waals surface area contributed by atoms with E-state index in [1.807, 2.05) is 43.5 Å². The average Bonchev–Trinajstić information content (AvgIpc) is 3.28. The van der Waals surface area contributed by atoms with Crippen LogP contribution in [0.2, 0.25) is 0 Å². The van der Waals surface area contributed by atoms with Gasteiger partial charge < -0.3 is 15.0 Å². The summed E-state index contributed by atoms with van der Waals surface area (Å²) in [6.07, 6.45) is 12.7. The second-order valence-electron chi connectivity index (χ2n) is 9.54. The van der Waals surface area contributed by atoms with Crippen LogP contribution in [-0.4, -0.2) is 33.1 Å². The van der Waals surface area contributed by atoms with Gasteiger partial charge in [-0.2, -0.15) is 0 Å². The van der Waals surface area contributed by atoms with E-state index in [2.05, 4.69) is 48.5 Å². The van der Waals surface area contributed by atoms with Crippen LogP contribution in [-0.2, 0) is 11.3 Å². The number of pyridine rings is 1. The fraction of sp³-hybridized carbons (Fsp3) is 0.367. The van der Waals surface area contributed by atoms with Crippen molar-refractivity contribution in [2.75, 3.05) is 0 Å². The SMILES string of the molecule is C=C/C=c1/ccc(Cn2ccc3cccc(C(=O)NC(C)C4CCC(C)CC4)c32)n/c1=C/C.O=CO. The van der Waals surface area contributed by atoms with E-state index in [1.165, 1.54) is 25.7 Å². The zero-order valence-corrected chi connectivity index (χ0v) is 21.5. The van der Waals surface area contributed by atoms with Crippen molar-refractivity contribution < 1.29 is 14.7 Å². The number of hydrogen-bond donors (Lipinski definition) is 2. The minimum absolute atomic E-state index is 0.0122. The van der Waals surface area contributed by atoms with E-state index in [-0.39, 0.29) is 18.4 Å². The van der Waals surface area contributed by atoms with Crippen LogP contribution in [0.4, 0.5) is 0 Å². The number of benzene rings is 1. The van der Waals surface area contributed by atoms with Gasteiger partial charge in [0.1, 0.15) is 0 Å². The summed E-state index contributed by atoms with van der Waals surface area (Å²) in [7, 11) is 0. The van der Waals surface area contributed by atoms with Gasteiger partial charge in [0.05, 0.1) is 28.7 Å². The quantitative estimate of drug-likeness (QED) is 0.502. The Kier molecular flexibility index (Phi) is 9.62. The third-order valence-electron chi connectivity index (χ3n) is 7.08. The predicted octanol–water partition coefficient (Wildman–Crippen LogP) is 4.50. The number of aromatic nitrogens is 2. The van der Waals surface area contributed by atoms with E-state index >= 15 is 0 Å². The number of allylic oxidation sites excluding steroid dienone is 1. The van der Waals surface area contributed by atoms with Gasteiger partial charge in [-0.3, -0.25) is 14.6 Å².